The number of hydrogen-bond donors (Lipinski definition) is 10. The summed E-state index contributed by atoms with van der Waals surface area (Å²) >= 11 is 0. The van der Waals surface area contributed by atoms with Gasteiger partial charge >= 0.3 is 0 Å². The van der Waals surface area contributed by atoms with Gasteiger partial charge in [-0.25, -0.2) is 0 Å². The maximum Gasteiger partial charge on any atom is 0.193 e. The Morgan fingerprint density at radius 2 is 1.64 bits per heavy atom. The van der Waals surface area contributed by atoms with Gasteiger partial charge in [-0.15, -0.1) is 0 Å². The number of aryl methyl sites for hydroxylation is 1. The van der Waals surface area contributed by atoms with Crippen LogP contribution < -0.4 is 4.74 Å². The average molecular weight is 623 g/mol. The topological polar surface area (TPSA) is 247 Å². The van der Waals surface area contributed by atoms with Gasteiger partial charge in [-0.2, -0.15) is 0 Å². The molecule has 242 valence electrons. The van der Waals surface area contributed by atoms with Crippen molar-refractivity contribution >= 4 is 11.9 Å². The van der Waals surface area contributed by atoms with E-state index in [1.165, 1.54) is 32.2 Å². The van der Waals surface area contributed by atoms with Gasteiger partial charge < -0.3 is 65.3 Å². The number of aromatic hydroxyl groups is 3. The van der Waals surface area contributed by atoms with Crippen molar-refractivity contribution in [3.63, 3.8) is 0 Å². The lowest BCUT2D eigenvalue weighted by atomic mass is 9.63. The number of rotatable bonds is 9. The quantitative estimate of drug-likeness (QED) is 0.113. The summed E-state index contributed by atoms with van der Waals surface area (Å²) in [6.45, 7) is 0.242. The van der Waals surface area contributed by atoms with Crippen molar-refractivity contribution in [3.8, 4) is 23.0 Å². The highest BCUT2D eigenvalue weighted by Crippen LogP contribution is 2.46. The second kappa shape index (κ2) is 13.0. The molecule has 2 aromatic carbocycles. The van der Waals surface area contributed by atoms with Gasteiger partial charge in [-0.1, -0.05) is 18.2 Å². The van der Waals surface area contributed by atoms with Crippen molar-refractivity contribution in [3.05, 3.63) is 53.6 Å². The lowest BCUT2D eigenvalue weighted by Gasteiger charge is -2.59. The summed E-state index contributed by atoms with van der Waals surface area (Å²) in [5, 5.41) is 107. The molecule has 0 amide bonds. The summed E-state index contributed by atoms with van der Waals surface area (Å²) in [6, 6.07) is 8.11. The van der Waals surface area contributed by atoms with Crippen LogP contribution in [0.4, 0.5) is 0 Å². The van der Waals surface area contributed by atoms with Crippen LogP contribution >= 0.6 is 0 Å². The highest BCUT2D eigenvalue weighted by atomic mass is 16.6. The molecule has 44 heavy (non-hydrogen) atoms. The van der Waals surface area contributed by atoms with E-state index in [0.29, 0.717) is 5.56 Å². The SMILES string of the molecule is COc1ccc(CCC2O[C@H](CO)[C@](O)(C(=O)C=Cc3ccc(O)c(O)c3)[C@@](O)(C3O[C@H](C)[C@@H](O)[C@H](O)[C@@H]3O)[C@H]2O)cc1O. The minimum absolute atomic E-state index is 0.0951. The fourth-order valence-corrected chi connectivity index (χ4v) is 5.85. The Kier molecular flexibility index (Phi) is 9.90. The molecule has 2 aromatic rings. The largest absolute Gasteiger partial charge is 0.504 e. The van der Waals surface area contributed by atoms with E-state index in [0.717, 1.165) is 24.3 Å². The van der Waals surface area contributed by atoms with Crippen LogP contribution in [0.1, 0.15) is 24.5 Å². The summed E-state index contributed by atoms with van der Waals surface area (Å²) < 4.78 is 16.4. The molecular weight excluding hydrogens is 584 g/mol. The Labute approximate surface area is 252 Å². The molecule has 0 spiro atoms. The van der Waals surface area contributed by atoms with Crippen molar-refractivity contribution in [2.24, 2.45) is 0 Å². The van der Waals surface area contributed by atoms with Crippen molar-refractivity contribution in [2.75, 3.05) is 13.7 Å². The number of phenols is 3. The molecule has 4 rings (SSSR count). The monoisotopic (exact) mass is 622 g/mol. The molecule has 0 radical (unpaired) electrons. The number of hydrogen-bond acceptors (Lipinski definition) is 14. The minimum Gasteiger partial charge on any atom is -0.504 e. The van der Waals surface area contributed by atoms with Gasteiger partial charge in [0.05, 0.1) is 25.9 Å². The molecule has 2 saturated heterocycles. The second-order valence-electron chi connectivity index (χ2n) is 11.1. The highest BCUT2D eigenvalue weighted by Gasteiger charge is 2.73. The Balaban J connectivity index is 1.75. The summed E-state index contributed by atoms with van der Waals surface area (Å²) in [5.41, 5.74) is -5.63. The third-order valence-corrected chi connectivity index (χ3v) is 8.43. The van der Waals surface area contributed by atoms with Crippen LogP contribution in [0.25, 0.3) is 6.08 Å². The summed E-state index contributed by atoms with van der Waals surface area (Å²) in [4.78, 5) is 13.7. The molecule has 10 N–H and O–H groups in total. The predicted molar refractivity (Wildman–Crippen MR) is 151 cm³/mol. The van der Waals surface area contributed by atoms with Crippen molar-refractivity contribution in [1.82, 2.24) is 0 Å². The Morgan fingerprint density at radius 1 is 0.932 bits per heavy atom. The number of carbonyl (C=O) groups excluding carboxylic acids is 1. The lowest BCUT2D eigenvalue weighted by molar-refractivity contribution is -0.361. The summed E-state index contributed by atoms with van der Waals surface area (Å²) in [7, 11) is 1.38. The standard InChI is InChI=1S/C30H38O14/c1-14-24(36)25(37)26(38)28(43-14)30(41)27(39)21(9-5-16-4-8-20(42-2)19(34)12-16)44-23(13-31)29(30,40)22(35)10-6-15-3-7-17(32)18(33)11-15/h3-4,6-8,10-12,14,21,23-28,31-34,36-41H,5,9,13H2,1-2H3/t14-,21?,23-,24-,25+,26+,27+,28?,29-,30+/m1/s1. The van der Waals surface area contributed by atoms with Crippen LogP contribution in [0.15, 0.2) is 42.5 Å². The number of carbonyl (C=O) groups is 1. The van der Waals surface area contributed by atoms with E-state index in [-0.39, 0.29) is 29.9 Å². The third kappa shape index (κ3) is 5.76. The van der Waals surface area contributed by atoms with Gasteiger partial charge in [-0.3, -0.25) is 4.79 Å². The maximum absolute atomic E-state index is 13.7. The zero-order valence-electron chi connectivity index (χ0n) is 24.0. The molecule has 2 aliphatic heterocycles. The molecule has 0 saturated carbocycles. The first-order chi connectivity index (χ1) is 20.7. The van der Waals surface area contributed by atoms with Gasteiger partial charge in [0.1, 0.15) is 36.6 Å². The van der Waals surface area contributed by atoms with E-state index >= 15 is 0 Å². The molecule has 0 bridgehead atoms. The highest BCUT2D eigenvalue weighted by molar-refractivity contribution is 6.02. The van der Waals surface area contributed by atoms with E-state index in [1.807, 2.05) is 0 Å². The molecule has 2 aliphatic rings. The molecule has 2 heterocycles. The Bertz CT molecular complexity index is 1370. The van der Waals surface area contributed by atoms with E-state index in [2.05, 4.69) is 0 Å². The normalized spacial score (nSPS) is 35.9. The fourth-order valence-electron chi connectivity index (χ4n) is 5.85. The summed E-state index contributed by atoms with van der Waals surface area (Å²) in [5.74, 6) is -2.19. The van der Waals surface area contributed by atoms with Crippen molar-refractivity contribution < 1.29 is 70.1 Å². The minimum atomic E-state index is -3.21. The predicted octanol–water partition coefficient (Wildman–Crippen LogP) is -1.52. The number of ketones is 1. The van der Waals surface area contributed by atoms with Gasteiger partial charge in [0, 0.05) is 0 Å². The zero-order chi connectivity index (χ0) is 32.6. The number of aliphatic hydroxyl groups excluding tert-OH is 5. The third-order valence-electron chi connectivity index (χ3n) is 8.43. The number of benzene rings is 2. The van der Waals surface area contributed by atoms with E-state index in [4.69, 9.17) is 14.2 Å². The van der Waals surface area contributed by atoms with Crippen LogP contribution in [-0.2, 0) is 20.7 Å². The van der Waals surface area contributed by atoms with Crippen molar-refractivity contribution in [2.45, 2.75) is 79.8 Å². The Morgan fingerprint density at radius 3 is 2.25 bits per heavy atom. The first kappa shape index (κ1) is 33.6. The van der Waals surface area contributed by atoms with Gasteiger partial charge in [0.2, 0.25) is 0 Å². The average Bonchev–Trinajstić information content (AvgIpc) is 3.00. The molecular formula is C30H38O14. The molecule has 14 nitrogen and oxygen atoms in total. The number of aliphatic hydroxyl groups is 7. The molecule has 2 unspecified atom stereocenters. The fraction of sp³-hybridized carbons (Fsp3) is 0.500. The number of methoxy groups -OCH3 is 1. The second-order valence-corrected chi connectivity index (χ2v) is 11.1. The van der Waals surface area contributed by atoms with Crippen LogP contribution in [0.2, 0.25) is 0 Å². The smallest absolute Gasteiger partial charge is 0.193 e. The number of phenolic OH excluding ortho intramolecular Hbond substituents is 3. The molecule has 14 heteroatoms. The van der Waals surface area contributed by atoms with E-state index in [9.17, 15) is 55.9 Å². The van der Waals surface area contributed by atoms with Crippen LogP contribution in [0.3, 0.4) is 0 Å². The van der Waals surface area contributed by atoms with E-state index in [1.54, 1.807) is 6.07 Å². The van der Waals surface area contributed by atoms with Crippen LogP contribution in [0.5, 0.6) is 23.0 Å². The molecule has 10 atom stereocenters. The van der Waals surface area contributed by atoms with Crippen molar-refractivity contribution in [1.29, 1.82) is 0 Å². The zero-order valence-corrected chi connectivity index (χ0v) is 24.0. The lowest BCUT2D eigenvalue weighted by Crippen LogP contribution is -2.84. The first-order valence-electron chi connectivity index (χ1n) is 13.9. The Hall–Kier alpha value is -3.31. The first-order valence-corrected chi connectivity index (χ1v) is 13.9. The molecule has 0 aliphatic carbocycles. The maximum atomic E-state index is 13.7. The molecule has 2 fully saturated rings. The van der Waals surface area contributed by atoms with Gasteiger partial charge in [0.15, 0.2) is 40.0 Å². The summed E-state index contributed by atoms with van der Waals surface area (Å²) in [6.07, 6.45) is -12.6. The van der Waals surface area contributed by atoms with E-state index < -0.39 is 83.9 Å². The number of ether oxygens (including phenoxy) is 3. The van der Waals surface area contributed by atoms with Crippen LogP contribution in [0, 0.1) is 0 Å². The van der Waals surface area contributed by atoms with Crippen LogP contribution in [-0.4, -0.2) is 131 Å². The van der Waals surface area contributed by atoms with Gasteiger partial charge in [0.25, 0.3) is 0 Å². The molecule has 0 aromatic heterocycles. The van der Waals surface area contributed by atoms with Gasteiger partial charge in [-0.05, 0) is 61.2 Å².